The summed E-state index contributed by atoms with van der Waals surface area (Å²) < 4.78 is 0. The summed E-state index contributed by atoms with van der Waals surface area (Å²) in [5.41, 5.74) is 1.80. The van der Waals surface area contributed by atoms with Crippen molar-refractivity contribution in [3.8, 4) is 0 Å². The Morgan fingerprint density at radius 1 is 0.963 bits per heavy atom. The fourth-order valence-electron chi connectivity index (χ4n) is 2.93. The van der Waals surface area contributed by atoms with Crippen LogP contribution in [0.25, 0.3) is 0 Å². The number of halogens is 1. The van der Waals surface area contributed by atoms with Crippen LogP contribution in [0.5, 0.6) is 0 Å². The lowest BCUT2D eigenvalue weighted by molar-refractivity contribution is -0.117. The summed E-state index contributed by atoms with van der Waals surface area (Å²) in [6, 6.07) is 16.1. The Labute approximate surface area is 164 Å². The zero-order valence-electron chi connectivity index (χ0n) is 15.2. The molecule has 1 heterocycles. The molecule has 2 aromatic rings. The second-order valence-electron chi connectivity index (χ2n) is 6.48. The maximum atomic E-state index is 12.5. The quantitative estimate of drug-likeness (QED) is 0.848. The van der Waals surface area contributed by atoms with Gasteiger partial charge in [0.15, 0.2) is 0 Å². The van der Waals surface area contributed by atoms with Gasteiger partial charge in [0, 0.05) is 42.6 Å². The highest BCUT2D eigenvalue weighted by molar-refractivity contribution is 6.30. The van der Waals surface area contributed by atoms with Crippen LogP contribution in [0.1, 0.15) is 6.92 Å². The standard InChI is InChI=1S/C20H23ClN4O2/c1-15(19(26)23-17-9-7-16(21)8-10-17)22-20(27)25-13-11-24(12-14-25)18-5-3-2-4-6-18/h2-10,15H,11-14H2,1H3,(H,22,27)(H,23,26)/t15-/m0/s1. The molecular weight excluding hydrogens is 364 g/mol. The molecule has 7 heteroatoms. The van der Waals surface area contributed by atoms with Crippen LogP contribution in [-0.2, 0) is 4.79 Å². The fraction of sp³-hybridized carbons (Fsp3) is 0.300. The van der Waals surface area contributed by atoms with Crippen molar-refractivity contribution in [3.63, 3.8) is 0 Å². The first-order valence-electron chi connectivity index (χ1n) is 8.95. The number of nitrogens with one attached hydrogen (secondary N) is 2. The number of hydrogen-bond donors (Lipinski definition) is 2. The van der Waals surface area contributed by atoms with Crippen molar-refractivity contribution in [1.82, 2.24) is 10.2 Å². The smallest absolute Gasteiger partial charge is 0.318 e. The average molecular weight is 387 g/mol. The van der Waals surface area contributed by atoms with E-state index < -0.39 is 6.04 Å². The molecular formula is C20H23ClN4O2. The van der Waals surface area contributed by atoms with Gasteiger partial charge in [-0.3, -0.25) is 4.79 Å². The number of rotatable bonds is 4. The van der Waals surface area contributed by atoms with Gasteiger partial charge in [0.2, 0.25) is 5.91 Å². The predicted molar refractivity (Wildman–Crippen MR) is 108 cm³/mol. The number of benzene rings is 2. The molecule has 0 unspecified atom stereocenters. The normalized spacial score (nSPS) is 15.2. The van der Waals surface area contributed by atoms with Gasteiger partial charge in [-0.15, -0.1) is 0 Å². The molecule has 1 fully saturated rings. The first-order valence-corrected chi connectivity index (χ1v) is 9.32. The van der Waals surface area contributed by atoms with E-state index in [1.807, 2.05) is 18.2 Å². The van der Waals surface area contributed by atoms with Crippen LogP contribution in [0, 0.1) is 0 Å². The number of piperazine rings is 1. The van der Waals surface area contributed by atoms with Crippen molar-refractivity contribution in [3.05, 3.63) is 59.6 Å². The van der Waals surface area contributed by atoms with Gasteiger partial charge < -0.3 is 20.4 Å². The Kier molecular flexibility index (Phi) is 6.19. The van der Waals surface area contributed by atoms with Crippen molar-refractivity contribution in [2.45, 2.75) is 13.0 Å². The molecule has 2 aromatic carbocycles. The molecule has 0 spiro atoms. The first kappa shape index (κ1) is 19.0. The number of para-hydroxylation sites is 1. The van der Waals surface area contributed by atoms with E-state index in [1.165, 1.54) is 0 Å². The Balaban J connectivity index is 1.47. The van der Waals surface area contributed by atoms with Crippen LogP contribution in [0.4, 0.5) is 16.2 Å². The third kappa shape index (κ3) is 5.14. The van der Waals surface area contributed by atoms with Crippen LogP contribution < -0.4 is 15.5 Å². The Hall–Kier alpha value is -2.73. The number of nitrogens with zero attached hydrogens (tertiary/aromatic N) is 2. The second kappa shape index (κ2) is 8.77. The summed E-state index contributed by atoms with van der Waals surface area (Å²) in [4.78, 5) is 28.7. The van der Waals surface area contributed by atoms with E-state index >= 15 is 0 Å². The third-order valence-electron chi connectivity index (χ3n) is 4.53. The minimum absolute atomic E-state index is 0.221. The molecule has 3 rings (SSSR count). The van der Waals surface area contributed by atoms with Gasteiger partial charge in [-0.25, -0.2) is 4.79 Å². The van der Waals surface area contributed by atoms with Crippen LogP contribution in [0.15, 0.2) is 54.6 Å². The molecule has 0 saturated carbocycles. The SMILES string of the molecule is C[C@H](NC(=O)N1CCN(c2ccccc2)CC1)C(=O)Nc1ccc(Cl)cc1. The topological polar surface area (TPSA) is 64.7 Å². The summed E-state index contributed by atoms with van der Waals surface area (Å²) in [6.45, 7) is 4.44. The lowest BCUT2D eigenvalue weighted by Gasteiger charge is -2.36. The van der Waals surface area contributed by atoms with Crippen molar-refractivity contribution in [1.29, 1.82) is 0 Å². The number of carbonyl (C=O) groups is 2. The van der Waals surface area contributed by atoms with E-state index in [2.05, 4.69) is 27.7 Å². The Morgan fingerprint density at radius 2 is 1.59 bits per heavy atom. The van der Waals surface area contributed by atoms with Crippen LogP contribution in [0.2, 0.25) is 5.02 Å². The van der Waals surface area contributed by atoms with Gasteiger partial charge >= 0.3 is 6.03 Å². The van der Waals surface area contributed by atoms with Gasteiger partial charge in [0.25, 0.3) is 0 Å². The summed E-state index contributed by atoms with van der Waals surface area (Å²) in [5.74, 6) is -0.270. The molecule has 0 radical (unpaired) electrons. The maximum absolute atomic E-state index is 12.5. The molecule has 0 aliphatic carbocycles. The number of amides is 3. The lowest BCUT2D eigenvalue weighted by Crippen LogP contribution is -2.54. The number of urea groups is 1. The lowest BCUT2D eigenvalue weighted by atomic mass is 10.2. The molecule has 2 N–H and O–H groups in total. The molecule has 0 aromatic heterocycles. The average Bonchev–Trinajstić information content (AvgIpc) is 2.70. The maximum Gasteiger partial charge on any atom is 0.318 e. The van der Waals surface area contributed by atoms with Crippen molar-refractivity contribution in [2.75, 3.05) is 36.4 Å². The van der Waals surface area contributed by atoms with Gasteiger partial charge in [0.05, 0.1) is 0 Å². The third-order valence-corrected chi connectivity index (χ3v) is 4.79. The van der Waals surface area contributed by atoms with Gasteiger partial charge in [-0.2, -0.15) is 0 Å². The molecule has 1 atom stereocenters. The van der Waals surface area contributed by atoms with Gasteiger partial charge in [0.1, 0.15) is 6.04 Å². The highest BCUT2D eigenvalue weighted by Gasteiger charge is 2.24. The van der Waals surface area contributed by atoms with Crippen molar-refractivity contribution >= 4 is 34.9 Å². The highest BCUT2D eigenvalue weighted by atomic mass is 35.5. The zero-order valence-corrected chi connectivity index (χ0v) is 15.9. The number of hydrogen-bond acceptors (Lipinski definition) is 3. The zero-order chi connectivity index (χ0) is 19.2. The molecule has 0 bridgehead atoms. The Bertz CT molecular complexity index is 774. The van der Waals surface area contributed by atoms with E-state index in [1.54, 1.807) is 36.1 Å². The minimum Gasteiger partial charge on any atom is -0.368 e. The van der Waals surface area contributed by atoms with Crippen molar-refractivity contribution < 1.29 is 9.59 Å². The molecule has 1 aliphatic rings. The van der Waals surface area contributed by atoms with Gasteiger partial charge in [-0.05, 0) is 43.3 Å². The van der Waals surface area contributed by atoms with Gasteiger partial charge in [-0.1, -0.05) is 29.8 Å². The van der Waals surface area contributed by atoms with E-state index in [0.29, 0.717) is 23.8 Å². The predicted octanol–water partition coefficient (Wildman–Crippen LogP) is 3.20. The summed E-state index contributed by atoms with van der Waals surface area (Å²) in [5, 5.41) is 6.13. The summed E-state index contributed by atoms with van der Waals surface area (Å²) >= 11 is 5.84. The van der Waals surface area contributed by atoms with E-state index in [4.69, 9.17) is 11.6 Å². The fourth-order valence-corrected chi connectivity index (χ4v) is 3.06. The minimum atomic E-state index is -0.639. The van der Waals surface area contributed by atoms with E-state index in [9.17, 15) is 9.59 Å². The van der Waals surface area contributed by atoms with Crippen LogP contribution in [0.3, 0.4) is 0 Å². The van der Waals surface area contributed by atoms with Crippen LogP contribution in [-0.4, -0.2) is 49.1 Å². The highest BCUT2D eigenvalue weighted by Crippen LogP contribution is 2.16. The molecule has 142 valence electrons. The largest absolute Gasteiger partial charge is 0.368 e. The second-order valence-corrected chi connectivity index (χ2v) is 6.91. The van der Waals surface area contributed by atoms with E-state index in [0.717, 1.165) is 18.8 Å². The molecule has 6 nitrogen and oxygen atoms in total. The number of anilines is 2. The summed E-state index contributed by atoms with van der Waals surface area (Å²) in [6.07, 6.45) is 0. The first-order chi connectivity index (χ1) is 13.0. The Morgan fingerprint density at radius 3 is 2.22 bits per heavy atom. The molecule has 3 amide bonds. The number of carbonyl (C=O) groups excluding carboxylic acids is 2. The van der Waals surface area contributed by atoms with Crippen LogP contribution >= 0.6 is 11.6 Å². The van der Waals surface area contributed by atoms with E-state index in [-0.39, 0.29) is 11.9 Å². The molecule has 27 heavy (non-hydrogen) atoms. The monoisotopic (exact) mass is 386 g/mol. The molecule has 1 aliphatic heterocycles. The summed E-state index contributed by atoms with van der Waals surface area (Å²) in [7, 11) is 0. The molecule has 1 saturated heterocycles. The van der Waals surface area contributed by atoms with Crippen molar-refractivity contribution in [2.24, 2.45) is 0 Å².